The number of nitrogens with one attached hydrogen (secondary N) is 1. The summed E-state index contributed by atoms with van der Waals surface area (Å²) < 4.78 is 0. The molecule has 6 nitrogen and oxygen atoms in total. The van der Waals surface area contributed by atoms with E-state index in [-0.39, 0.29) is 0 Å². The summed E-state index contributed by atoms with van der Waals surface area (Å²) in [6.45, 7) is 3.26. The fraction of sp³-hybridized carbons (Fsp3) is 0.444. The van der Waals surface area contributed by atoms with Crippen LogP contribution in [0.1, 0.15) is 23.1 Å². The first-order valence-corrected chi connectivity index (χ1v) is 8.67. The van der Waals surface area contributed by atoms with E-state index in [1.165, 1.54) is 35.2 Å². The Kier molecular flexibility index (Phi) is 6.84. The molecule has 2 aliphatic rings. The molecule has 25 heavy (non-hydrogen) atoms. The second-order valence-electron chi connectivity index (χ2n) is 6.12. The average Bonchev–Trinajstić information content (AvgIpc) is 2.79. The summed E-state index contributed by atoms with van der Waals surface area (Å²) in [6, 6.07) is 2.40. The normalized spacial score (nSPS) is 16.3. The Morgan fingerprint density at radius 3 is 2.40 bits per heavy atom. The van der Waals surface area contributed by atoms with E-state index >= 15 is 0 Å². The number of hydrogen-bond donors (Lipinski definition) is 3. The third-order valence-electron chi connectivity index (χ3n) is 4.33. The molecule has 0 atom stereocenters. The van der Waals surface area contributed by atoms with Crippen molar-refractivity contribution in [1.82, 2.24) is 5.32 Å². The summed E-state index contributed by atoms with van der Waals surface area (Å²) in [5, 5.41) is 20.1. The zero-order valence-corrected chi connectivity index (χ0v) is 15.0. The minimum absolute atomic E-state index is 0.558. The van der Waals surface area contributed by atoms with E-state index < -0.39 is 11.9 Å². The third kappa shape index (κ3) is 5.21. The Balaban J connectivity index is 0.000000242. The number of carboxylic acids is 2. The lowest BCUT2D eigenvalue weighted by Crippen LogP contribution is -2.25. The van der Waals surface area contributed by atoms with Gasteiger partial charge in [0.1, 0.15) is 0 Å². The van der Waals surface area contributed by atoms with Crippen LogP contribution in [0.4, 0.5) is 5.69 Å². The fourth-order valence-electron chi connectivity index (χ4n) is 3.21. The van der Waals surface area contributed by atoms with Crippen molar-refractivity contribution in [3.63, 3.8) is 0 Å². The first-order chi connectivity index (χ1) is 11.9. The highest BCUT2D eigenvalue weighted by atomic mass is 35.5. The Morgan fingerprint density at radius 2 is 1.76 bits per heavy atom. The van der Waals surface area contributed by atoms with E-state index in [0.29, 0.717) is 12.2 Å². The van der Waals surface area contributed by atoms with Crippen molar-refractivity contribution in [2.75, 3.05) is 31.6 Å². The molecule has 0 amide bonds. The van der Waals surface area contributed by atoms with Gasteiger partial charge in [0.25, 0.3) is 0 Å². The molecule has 1 aromatic carbocycles. The average molecular weight is 367 g/mol. The molecule has 7 heteroatoms. The molecule has 3 rings (SSSR count). The minimum atomic E-state index is -1.26. The number of anilines is 1. The van der Waals surface area contributed by atoms with Gasteiger partial charge in [-0.25, -0.2) is 9.59 Å². The number of carboxylic acid groups (broad SMARTS) is 2. The lowest BCUT2D eigenvalue weighted by atomic mass is 9.93. The van der Waals surface area contributed by atoms with Gasteiger partial charge in [0.2, 0.25) is 0 Å². The number of aryl methyl sites for hydroxylation is 1. The smallest absolute Gasteiger partial charge is 0.328 e. The van der Waals surface area contributed by atoms with Crippen LogP contribution in [-0.2, 0) is 28.9 Å². The van der Waals surface area contributed by atoms with Gasteiger partial charge in [0.15, 0.2) is 0 Å². The molecule has 1 aromatic rings. The van der Waals surface area contributed by atoms with Gasteiger partial charge in [0.05, 0.1) is 10.7 Å². The zero-order valence-electron chi connectivity index (χ0n) is 14.2. The number of fused-ring (bicyclic) bond motifs is 2. The number of rotatable bonds is 2. The SMILES string of the molecule is CN1CCCc2cc3c(c(Cl)c21)CCNCC3.O=C(O)/C=C/C(=O)O. The molecule has 136 valence electrons. The van der Waals surface area contributed by atoms with E-state index in [1.807, 2.05) is 0 Å². The number of halogens is 1. The molecule has 0 fully saturated rings. The van der Waals surface area contributed by atoms with Gasteiger partial charge in [-0.05, 0) is 55.5 Å². The van der Waals surface area contributed by atoms with Crippen molar-refractivity contribution in [1.29, 1.82) is 0 Å². The molecule has 2 aliphatic heterocycles. The van der Waals surface area contributed by atoms with Crippen molar-refractivity contribution < 1.29 is 19.8 Å². The van der Waals surface area contributed by atoms with E-state index in [2.05, 4.69) is 23.3 Å². The Labute approximate surface area is 152 Å². The van der Waals surface area contributed by atoms with Gasteiger partial charge in [-0.2, -0.15) is 0 Å². The van der Waals surface area contributed by atoms with Crippen LogP contribution < -0.4 is 10.2 Å². The molecule has 0 radical (unpaired) electrons. The van der Waals surface area contributed by atoms with Crippen molar-refractivity contribution in [3.05, 3.63) is 39.9 Å². The van der Waals surface area contributed by atoms with E-state index in [1.54, 1.807) is 0 Å². The largest absolute Gasteiger partial charge is 0.478 e. The van der Waals surface area contributed by atoms with Crippen LogP contribution in [0.25, 0.3) is 0 Å². The molecule has 0 aromatic heterocycles. The predicted molar refractivity (Wildman–Crippen MR) is 97.7 cm³/mol. The molecule has 0 unspecified atom stereocenters. The summed E-state index contributed by atoms with van der Waals surface area (Å²) >= 11 is 6.64. The molecule has 0 aliphatic carbocycles. The molecular formula is C18H23ClN2O4. The van der Waals surface area contributed by atoms with E-state index in [9.17, 15) is 9.59 Å². The topological polar surface area (TPSA) is 89.9 Å². The van der Waals surface area contributed by atoms with Gasteiger partial charge in [-0.1, -0.05) is 17.7 Å². The van der Waals surface area contributed by atoms with Crippen LogP contribution in [0.2, 0.25) is 5.02 Å². The quantitative estimate of drug-likeness (QED) is 0.695. The van der Waals surface area contributed by atoms with Crippen molar-refractivity contribution in [3.8, 4) is 0 Å². The zero-order chi connectivity index (χ0) is 18.4. The van der Waals surface area contributed by atoms with Crippen molar-refractivity contribution in [2.45, 2.75) is 25.7 Å². The van der Waals surface area contributed by atoms with Crippen molar-refractivity contribution >= 4 is 29.2 Å². The maximum absolute atomic E-state index is 9.55. The molecular weight excluding hydrogens is 344 g/mol. The van der Waals surface area contributed by atoms with Gasteiger partial charge >= 0.3 is 11.9 Å². The number of aliphatic carboxylic acids is 2. The number of carbonyl (C=O) groups is 2. The predicted octanol–water partition coefficient (Wildman–Crippen LogP) is 2.12. The Hall–Kier alpha value is -2.05. The van der Waals surface area contributed by atoms with Crippen LogP contribution in [0.5, 0.6) is 0 Å². The maximum atomic E-state index is 9.55. The monoisotopic (exact) mass is 366 g/mol. The molecule has 3 N–H and O–H groups in total. The standard InChI is InChI=1S/C14H19ClN2.C4H4O4/c1-17-8-2-3-11-9-10-4-6-16-7-5-12(10)13(15)14(11)17;5-3(6)1-2-4(7)8/h9,16H,2-8H2,1H3;1-2H,(H,5,6)(H,7,8)/b;2-1+. The van der Waals surface area contributed by atoms with E-state index in [4.69, 9.17) is 21.8 Å². The number of hydrogen-bond acceptors (Lipinski definition) is 4. The van der Waals surface area contributed by atoms with Crippen LogP contribution >= 0.6 is 11.6 Å². The lowest BCUT2D eigenvalue weighted by molar-refractivity contribution is -0.134. The van der Waals surface area contributed by atoms with E-state index in [0.717, 1.165) is 37.5 Å². The number of nitrogens with zero attached hydrogens (tertiary/aromatic N) is 1. The van der Waals surface area contributed by atoms with Gasteiger partial charge in [-0.3, -0.25) is 0 Å². The molecule has 0 saturated carbocycles. The Bertz CT molecular complexity index is 672. The van der Waals surface area contributed by atoms with Crippen LogP contribution in [0.3, 0.4) is 0 Å². The van der Waals surface area contributed by atoms with Gasteiger partial charge in [0, 0.05) is 25.7 Å². The maximum Gasteiger partial charge on any atom is 0.328 e. The second kappa shape index (κ2) is 8.87. The van der Waals surface area contributed by atoms with Gasteiger partial charge in [-0.15, -0.1) is 0 Å². The lowest BCUT2D eigenvalue weighted by Gasteiger charge is -2.30. The summed E-state index contributed by atoms with van der Waals surface area (Å²) in [5.41, 5.74) is 5.58. The highest BCUT2D eigenvalue weighted by Gasteiger charge is 2.22. The third-order valence-corrected chi connectivity index (χ3v) is 4.73. The van der Waals surface area contributed by atoms with Crippen LogP contribution in [0.15, 0.2) is 18.2 Å². The molecule has 0 spiro atoms. The highest BCUT2D eigenvalue weighted by Crippen LogP contribution is 2.38. The first-order valence-electron chi connectivity index (χ1n) is 8.29. The summed E-state index contributed by atoms with van der Waals surface area (Å²) in [5.74, 6) is -2.51. The minimum Gasteiger partial charge on any atom is -0.478 e. The molecule has 2 heterocycles. The summed E-state index contributed by atoms with van der Waals surface area (Å²) in [6.07, 6.45) is 5.73. The Morgan fingerprint density at radius 1 is 1.12 bits per heavy atom. The van der Waals surface area contributed by atoms with Gasteiger partial charge < -0.3 is 20.4 Å². The molecule has 0 bridgehead atoms. The highest BCUT2D eigenvalue weighted by molar-refractivity contribution is 6.34. The first kappa shape index (κ1) is 19.3. The van der Waals surface area contributed by atoms with Crippen molar-refractivity contribution in [2.24, 2.45) is 0 Å². The number of benzene rings is 1. The summed E-state index contributed by atoms with van der Waals surface area (Å²) in [7, 11) is 2.16. The fourth-order valence-corrected chi connectivity index (χ4v) is 3.69. The molecule has 0 saturated heterocycles. The second-order valence-corrected chi connectivity index (χ2v) is 6.50. The van der Waals surface area contributed by atoms with Crippen LogP contribution in [-0.4, -0.2) is 48.8 Å². The summed E-state index contributed by atoms with van der Waals surface area (Å²) in [4.78, 5) is 21.4. The van der Waals surface area contributed by atoms with Crippen LogP contribution in [0, 0.1) is 0 Å².